The van der Waals surface area contributed by atoms with Crippen molar-refractivity contribution in [1.82, 2.24) is 29.1 Å². The minimum absolute atomic E-state index is 0.667. The molecule has 4 aromatic heterocycles. The number of aromatic nitrogens is 6. The van der Waals surface area contributed by atoms with E-state index in [-0.39, 0.29) is 0 Å². The molecule has 0 radical (unpaired) electrons. The fraction of sp³-hybridized carbons (Fsp3) is 0.222. The van der Waals surface area contributed by atoms with Crippen molar-refractivity contribution in [3.8, 4) is 11.3 Å². The van der Waals surface area contributed by atoms with Gasteiger partial charge in [0.15, 0.2) is 0 Å². The van der Waals surface area contributed by atoms with Crippen LogP contribution in [-0.2, 0) is 13.6 Å². The van der Waals surface area contributed by atoms with Gasteiger partial charge in [-0.15, -0.1) is 0 Å². The van der Waals surface area contributed by atoms with E-state index in [4.69, 9.17) is 4.98 Å². The number of nitrogens with zero attached hydrogens (tertiary/aromatic N) is 7. The van der Waals surface area contributed by atoms with Gasteiger partial charge in [-0.3, -0.25) is 4.68 Å². The predicted octanol–water partition coefficient (Wildman–Crippen LogP) is 2.47. The number of hydrogen-bond donors (Lipinski definition) is 0. The van der Waals surface area contributed by atoms with Gasteiger partial charge in [-0.1, -0.05) is 6.07 Å². The molecule has 0 saturated carbocycles. The molecule has 0 saturated heterocycles. The Morgan fingerprint density at radius 1 is 1.12 bits per heavy atom. The lowest BCUT2D eigenvalue weighted by molar-refractivity contribution is 0.768. The normalized spacial score (nSPS) is 11.2. The summed E-state index contributed by atoms with van der Waals surface area (Å²) in [5.41, 5.74) is 4.95. The number of fused-ring (bicyclic) bond motifs is 1. The Hall–Kier alpha value is -3.22. The van der Waals surface area contributed by atoms with Crippen molar-refractivity contribution in [3.05, 3.63) is 60.4 Å². The van der Waals surface area contributed by atoms with Crippen LogP contribution in [0.4, 0.5) is 5.95 Å². The third-order valence-electron chi connectivity index (χ3n) is 4.17. The molecule has 0 fully saturated rings. The third-order valence-corrected chi connectivity index (χ3v) is 4.17. The molecule has 0 aliphatic carbocycles. The van der Waals surface area contributed by atoms with E-state index in [2.05, 4.69) is 19.5 Å². The first kappa shape index (κ1) is 15.3. The molecule has 0 amide bonds. The molecule has 7 nitrogen and oxygen atoms in total. The summed E-state index contributed by atoms with van der Waals surface area (Å²) in [6.45, 7) is 2.68. The maximum Gasteiger partial charge on any atom is 0.225 e. The van der Waals surface area contributed by atoms with Gasteiger partial charge in [-0.25, -0.2) is 15.0 Å². The molecule has 0 atom stereocenters. The lowest BCUT2D eigenvalue weighted by Gasteiger charge is -2.17. The maximum absolute atomic E-state index is 4.75. The topological polar surface area (TPSA) is 64.1 Å². The van der Waals surface area contributed by atoms with E-state index in [1.54, 1.807) is 4.68 Å². The molecular weight excluding hydrogens is 314 g/mol. The highest BCUT2D eigenvalue weighted by Crippen LogP contribution is 2.22. The lowest BCUT2D eigenvalue weighted by Crippen LogP contribution is -2.20. The second-order valence-electron chi connectivity index (χ2n) is 6.14. The van der Waals surface area contributed by atoms with Crippen LogP contribution in [0.5, 0.6) is 0 Å². The molecule has 4 rings (SSSR count). The first-order valence-corrected chi connectivity index (χ1v) is 8.06. The first-order valence-electron chi connectivity index (χ1n) is 8.06. The Balaban J connectivity index is 1.65. The lowest BCUT2D eigenvalue weighted by atomic mass is 10.1. The van der Waals surface area contributed by atoms with Crippen molar-refractivity contribution in [2.24, 2.45) is 7.05 Å². The van der Waals surface area contributed by atoms with E-state index >= 15 is 0 Å². The number of aryl methyl sites for hydroxylation is 2. The van der Waals surface area contributed by atoms with Gasteiger partial charge < -0.3 is 9.30 Å². The molecule has 4 aromatic rings. The van der Waals surface area contributed by atoms with Crippen molar-refractivity contribution in [3.63, 3.8) is 0 Å². The van der Waals surface area contributed by atoms with Crippen LogP contribution < -0.4 is 4.90 Å². The molecule has 126 valence electrons. The van der Waals surface area contributed by atoms with E-state index in [9.17, 15) is 0 Å². The highest BCUT2D eigenvalue weighted by Gasteiger charge is 2.13. The number of hydrogen-bond acceptors (Lipinski definition) is 5. The quantitative estimate of drug-likeness (QED) is 0.574. The van der Waals surface area contributed by atoms with Crippen LogP contribution in [0, 0.1) is 6.92 Å². The van der Waals surface area contributed by atoms with E-state index in [0.29, 0.717) is 12.5 Å². The second-order valence-corrected chi connectivity index (χ2v) is 6.14. The standard InChI is InChI=1S/C18H19N7/c1-13-8-20-18(22-17(13)14-9-21-24(3)11-14)23(2)12-15-10-19-16-6-4-5-7-25(15)16/h4-11H,12H2,1-3H3. The van der Waals surface area contributed by atoms with Crippen LogP contribution in [-0.4, -0.2) is 36.2 Å². The van der Waals surface area contributed by atoms with Gasteiger partial charge in [0.2, 0.25) is 5.95 Å². The zero-order chi connectivity index (χ0) is 17.4. The average molecular weight is 333 g/mol. The molecule has 0 aromatic carbocycles. The molecule has 0 bridgehead atoms. The summed E-state index contributed by atoms with van der Waals surface area (Å²) in [5.74, 6) is 0.676. The first-order chi connectivity index (χ1) is 12.1. The van der Waals surface area contributed by atoms with Gasteiger partial charge in [-0.2, -0.15) is 5.10 Å². The predicted molar refractivity (Wildman–Crippen MR) is 96.3 cm³/mol. The van der Waals surface area contributed by atoms with Gasteiger partial charge >= 0.3 is 0 Å². The summed E-state index contributed by atoms with van der Waals surface area (Å²) in [7, 11) is 3.89. The minimum Gasteiger partial charge on any atom is -0.338 e. The Morgan fingerprint density at radius 3 is 2.80 bits per heavy atom. The molecule has 0 N–H and O–H groups in total. The SMILES string of the molecule is Cc1cnc(N(C)Cc2cnc3ccccn23)nc1-c1cnn(C)c1. The van der Waals surface area contributed by atoms with E-state index in [1.807, 2.05) is 75.1 Å². The smallest absolute Gasteiger partial charge is 0.225 e. The van der Waals surface area contributed by atoms with Crippen LogP contribution in [0.3, 0.4) is 0 Å². The fourth-order valence-electron chi connectivity index (χ4n) is 2.87. The van der Waals surface area contributed by atoms with Crippen LogP contribution in [0.25, 0.3) is 16.9 Å². The Morgan fingerprint density at radius 2 is 2.00 bits per heavy atom. The van der Waals surface area contributed by atoms with Crippen LogP contribution >= 0.6 is 0 Å². The number of pyridine rings is 1. The Labute approximate surface area is 145 Å². The van der Waals surface area contributed by atoms with Gasteiger partial charge in [0.25, 0.3) is 0 Å². The summed E-state index contributed by atoms with van der Waals surface area (Å²) in [5, 5.41) is 4.23. The van der Waals surface area contributed by atoms with Crippen LogP contribution in [0.1, 0.15) is 11.3 Å². The Kier molecular flexibility index (Phi) is 3.68. The van der Waals surface area contributed by atoms with Gasteiger partial charge in [0.1, 0.15) is 5.65 Å². The van der Waals surface area contributed by atoms with Gasteiger partial charge in [0, 0.05) is 38.2 Å². The average Bonchev–Trinajstić information content (AvgIpc) is 3.22. The summed E-state index contributed by atoms with van der Waals surface area (Å²) >= 11 is 0. The fourth-order valence-corrected chi connectivity index (χ4v) is 2.87. The minimum atomic E-state index is 0.667. The molecule has 0 spiro atoms. The van der Waals surface area contributed by atoms with Crippen molar-refractivity contribution < 1.29 is 0 Å². The molecular formula is C18H19N7. The zero-order valence-corrected chi connectivity index (χ0v) is 14.5. The number of imidazole rings is 1. The highest BCUT2D eigenvalue weighted by molar-refractivity contribution is 5.62. The maximum atomic E-state index is 4.75. The summed E-state index contributed by atoms with van der Waals surface area (Å²) in [4.78, 5) is 15.7. The van der Waals surface area contributed by atoms with Crippen LogP contribution in [0.15, 0.2) is 49.2 Å². The highest BCUT2D eigenvalue weighted by atomic mass is 15.3. The summed E-state index contributed by atoms with van der Waals surface area (Å²) < 4.78 is 3.85. The van der Waals surface area contributed by atoms with Gasteiger partial charge in [0.05, 0.1) is 30.3 Å². The Bertz CT molecular complexity index is 1030. The van der Waals surface area contributed by atoms with Crippen LogP contribution in [0.2, 0.25) is 0 Å². The van der Waals surface area contributed by atoms with Crippen molar-refractivity contribution >= 4 is 11.6 Å². The monoisotopic (exact) mass is 333 g/mol. The zero-order valence-electron chi connectivity index (χ0n) is 14.5. The molecule has 0 aliphatic rings. The molecule has 25 heavy (non-hydrogen) atoms. The van der Waals surface area contributed by atoms with Crippen molar-refractivity contribution in [1.29, 1.82) is 0 Å². The molecule has 4 heterocycles. The largest absolute Gasteiger partial charge is 0.338 e. The molecule has 7 heteroatoms. The van der Waals surface area contributed by atoms with E-state index < -0.39 is 0 Å². The molecule has 0 unspecified atom stereocenters. The van der Waals surface area contributed by atoms with Crippen molar-refractivity contribution in [2.75, 3.05) is 11.9 Å². The van der Waals surface area contributed by atoms with Crippen molar-refractivity contribution in [2.45, 2.75) is 13.5 Å². The van der Waals surface area contributed by atoms with E-state index in [1.165, 1.54) is 0 Å². The van der Waals surface area contributed by atoms with Gasteiger partial charge in [-0.05, 0) is 24.6 Å². The summed E-state index contributed by atoms with van der Waals surface area (Å²) in [6.07, 6.45) is 9.55. The summed E-state index contributed by atoms with van der Waals surface area (Å²) in [6, 6.07) is 5.98. The number of anilines is 1. The third kappa shape index (κ3) is 2.84. The number of rotatable bonds is 4. The van der Waals surface area contributed by atoms with E-state index in [0.717, 1.165) is 28.2 Å². The molecule has 0 aliphatic heterocycles. The second kappa shape index (κ2) is 6.01.